The van der Waals surface area contributed by atoms with Gasteiger partial charge in [0.25, 0.3) is 0 Å². The van der Waals surface area contributed by atoms with E-state index in [1.54, 1.807) is 0 Å². The summed E-state index contributed by atoms with van der Waals surface area (Å²) >= 11 is 0. The maximum Gasteiger partial charge on any atom is 0.472 e. The van der Waals surface area contributed by atoms with E-state index in [0.29, 0.717) is 25.7 Å². The van der Waals surface area contributed by atoms with Crippen LogP contribution in [-0.2, 0) is 65.4 Å². The highest BCUT2D eigenvalue weighted by molar-refractivity contribution is 7.47. The van der Waals surface area contributed by atoms with Crippen LogP contribution >= 0.6 is 15.6 Å². The third-order valence-electron chi connectivity index (χ3n) is 18.7. The minimum atomic E-state index is -4.96. The second kappa shape index (κ2) is 69.4. The molecule has 98 heavy (non-hydrogen) atoms. The van der Waals surface area contributed by atoms with Crippen LogP contribution in [0.15, 0.2) is 0 Å². The summed E-state index contributed by atoms with van der Waals surface area (Å²) in [6.45, 7) is 12.0. The van der Waals surface area contributed by atoms with E-state index in [1.165, 1.54) is 212 Å². The summed E-state index contributed by atoms with van der Waals surface area (Å²) in [5.41, 5.74) is 0. The number of carbonyl (C=O) groups is 4. The summed E-state index contributed by atoms with van der Waals surface area (Å²) in [5, 5.41) is 10.6. The Morgan fingerprint density at radius 2 is 0.520 bits per heavy atom. The highest BCUT2D eigenvalue weighted by Crippen LogP contribution is 2.45. The Morgan fingerprint density at radius 1 is 0.296 bits per heavy atom. The monoisotopic (exact) mass is 1440 g/mol. The van der Waals surface area contributed by atoms with Gasteiger partial charge in [-0.2, -0.15) is 0 Å². The Balaban J connectivity index is 5.21. The summed E-state index contributed by atoms with van der Waals surface area (Å²) in [6.07, 6.45) is 56.9. The first-order valence-electron chi connectivity index (χ1n) is 40.9. The Labute approximate surface area is 600 Å². The zero-order chi connectivity index (χ0) is 72.3. The molecule has 0 aliphatic heterocycles. The van der Waals surface area contributed by atoms with Gasteiger partial charge in [-0.25, -0.2) is 9.13 Å². The zero-order valence-electron chi connectivity index (χ0n) is 64.3. The Bertz CT molecular complexity index is 1910. The van der Waals surface area contributed by atoms with Crippen LogP contribution in [0.25, 0.3) is 0 Å². The number of carbonyl (C=O) groups excluding carboxylic acids is 4. The summed E-state index contributed by atoms with van der Waals surface area (Å²) in [7, 11) is -9.91. The van der Waals surface area contributed by atoms with Crippen LogP contribution in [-0.4, -0.2) is 96.7 Å². The average Bonchev–Trinajstić information content (AvgIpc) is 1.10. The number of phosphoric ester groups is 2. The fraction of sp³-hybridized carbons (Fsp3) is 0.949. The molecule has 582 valence electrons. The molecule has 0 aliphatic carbocycles. The molecule has 0 aromatic rings. The molecule has 0 radical (unpaired) electrons. The fourth-order valence-electron chi connectivity index (χ4n) is 12.1. The lowest BCUT2D eigenvalue weighted by Gasteiger charge is -2.21. The van der Waals surface area contributed by atoms with Gasteiger partial charge in [-0.05, 0) is 43.4 Å². The minimum Gasteiger partial charge on any atom is -0.462 e. The zero-order valence-corrected chi connectivity index (χ0v) is 66.0. The standard InChI is InChI=1S/C79H154O17P2/c1-8-10-11-12-13-39-46-53-60-76(81)89-66-74(95-79(84)63-56-49-42-35-29-28-32-38-45-52-59-72(7)9-2)68-93-97(85,86)91-64-73(80)65-92-98(87,88)94-69-75(67-90-77(82)61-54-47-40-33-26-22-19-18-21-25-31-37-44-51-58-71(5)6)96-78(83)62-55-48-41-34-27-23-17-15-14-16-20-24-30-36-43-50-57-70(3)4/h70-75,80H,8-69H2,1-7H3,(H,85,86)(H,87,88)/t72?,73-,74+,75+/m0/s1. The van der Waals surface area contributed by atoms with Crippen molar-refractivity contribution in [3.8, 4) is 0 Å². The quantitative estimate of drug-likeness (QED) is 0.0222. The molecule has 3 N–H and O–H groups in total. The van der Waals surface area contributed by atoms with Crippen molar-refractivity contribution in [1.82, 2.24) is 0 Å². The second-order valence-corrected chi connectivity index (χ2v) is 32.6. The van der Waals surface area contributed by atoms with Gasteiger partial charge in [0, 0.05) is 25.7 Å². The fourth-order valence-corrected chi connectivity index (χ4v) is 13.7. The maximum atomic E-state index is 13.1. The molecular formula is C79H154O17P2. The van der Waals surface area contributed by atoms with Crippen molar-refractivity contribution in [2.24, 2.45) is 17.8 Å². The van der Waals surface area contributed by atoms with Crippen LogP contribution in [0.4, 0.5) is 0 Å². The Hall–Kier alpha value is -1.94. The van der Waals surface area contributed by atoms with Crippen molar-refractivity contribution >= 4 is 39.5 Å². The molecule has 19 heteroatoms. The Morgan fingerprint density at radius 3 is 0.776 bits per heavy atom. The van der Waals surface area contributed by atoms with E-state index in [9.17, 15) is 43.2 Å². The van der Waals surface area contributed by atoms with Gasteiger partial charge in [0.05, 0.1) is 26.4 Å². The molecule has 17 nitrogen and oxygen atoms in total. The number of hydrogen-bond donors (Lipinski definition) is 3. The van der Waals surface area contributed by atoms with E-state index in [-0.39, 0.29) is 25.7 Å². The molecule has 0 aliphatic rings. The molecule has 0 heterocycles. The van der Waals surface area contributed by atoms with Crippen molar-refractivity contribution in [3.05, 3.63) is 0 Å². The molecule has 0 saturated heterocycles. The molecule has 0 rings (SSSR count). The average molecular weight is 1440 g/mol. The van der Waals surface area contributed by atoms with E-state index in [4.69, 9.17) is 37.0 Å². The lowest BCUT2D eigenvalue weighted by molar-refractivity contribution is -0.161. The van der Waals surface area contributed by atoms with Crippen molar-refractivity contribution in [2.45, 2.75) is 426 Å². The van der Waals surface area contributed by atoms with Gasteiger partial charge in [0.2, 0.25) is 0 Å². The summed E-state index contributed by atoms with van der Waals surface area (Å²) in [5.74, 6) is 0.296. The number of esters is 4. The normalized spacial score (nSPS) is 14.3. The predicted molar refractivity (Wildman–Crippen MR) is 400 cm³/mol. The molecule has 0 aromatic heterocycles. The van der Waals surface area contributed by atoms with Crippen LogP contribution in [0, 0.1) is 17.8 Å². The van der Waals surface area contributed by atoms with Crippen molar-refractivity contribution in [3.63, 3.8) is 0 Å². The third-order valence-corrected chi connectivity index (χ3v) is 20.6. The van der Waals surface area contributed by atoms with Gasteiger partial charge in [-0.15, -0.1) is 0 Å². The van der Waals surface area contributed by atoms with Gasteiger partial charge in [-0.1, -0.05) is 357 Å². The second-order valence-electron chi connectivity index (χ2n) is 29.6. The third kappa shape index (κ3) is 71.1. The molecule has 0 fully saturated rings. The number of unbranched alkanes of at least 4 members (excludes halogenated alkanes) is 44. The van der Waals surface area contributed by atoms with E-state index in [2.05, 4.69) is 48.5 Å². The van der Waals surface area contributed by atoms with Crippen LogP contribution in [0.1, 0.15) is 408 Å². The van der Waals surface area contributed by atoms with Crippen LogP contribution in [0.3, 0.4) is 0 Å². The van der Waals surface area contributed by atoms with Crippen molar-refractivity contribution < 1.29 is 80.2 Å². The molecule has 0 bridgehead atoms. The first-order valence-corrected chi connectivity index (χ1v) is 43.9. The number of aliphatic hydroxyl groups is 1. The minimum absolute atomic E-state index is 0.106. The van der Waals surface area contributed by atoms with Gasteiger partial charge in [-0.3, -0.25) is 37.3 Å². The summed E-state index contributed by atoms with van der Waals surface area (Å²) in [4.78, 5) is 72.9. The lowest BCUT2D eigenvalue weighted by Crippen LogP contribution is -2.30. The topological polar surface area (TPSA) is 237 Å². The number of phosphoric acid groups is 2. The number of aliphatic hydroxyl groups excluding tert-OH is 1. The van der Waals surface area contributed by atoms with Gasteiger partial charge >= 0.3 is 39.5 Å². The number of hydrogen-bond acceptors (Lipinski definition) is 15. The molecular weight excluding hydrogens is 1280 g/mol. The van der Waals surface area contributed by atoms with Crippen molar-refractivity contribution in [2.75, 3.05) is 39.6 Å². The maximum absolute atomic E-state index is 13.1. The molecule has 0 saturated carbocycles. The predicted octanol–water partition coefficient (Wildman–Crippen LogP) is 23.4. The van der Waals surface area contributed by atoms with E-state index < -0.39 is 97.5 Å². The van der Waals surface area contributed by atoms with Gasteiger partial charge in [0.1, 0.15) is 19.3 Å². The highest BCUT2D eigenvalue weighted by atomic mass is 31.2. The molecule has 6 atom stereocenters. The van der Waals surface area contributed by atoms with Crippen LogP contribution < -0.4 is 0 Å². The number of ether oxygens (including phenoxy) is 4. The summed E-state index contributed by atoms with van der Waals surface area (Å²) in [6, 6.07) is 0. The first-order chi connectivity index (χ1) is 47.3. The highest BCUT2D eigenvalue weighted by Gasteiger charge is 2.30. The van der Waals surface area contributed by atoms with Crippen LogP contribution in [0.5, 0.6) is 0 Å². The van der Waals surface area contributed by atoms with Gasteiger partial charge < -0.3 is 33.8 Å². The van der Waals surface area contributed by atoms with E-state index in [1.807, 2.05) is 0 Å². The van der Waals surface area contributed by atoms with E-state index >= 15 is 0 Å². The molecule has 0 amide bonds. The largest absolute Gasteiger partial charge is 0.472 e. The number of rotatable bonds is 77. The first kappa shape index (κ1) is 96.1. The smallest absolute Gasteiger partial charge is 0.462 e. The van der Waals surface area contributed by atoms with Crippen molar-refractivity contribution in [1.29, 1.82) is 0 Å². The summed E-state index contributed by atoms with van der Waals surface area (Å²) < 4.78 is 68.6. The Kier molecular flexibility index (Phi) is 68.1. The molecule has 0 spiro atoms. The lowest BCUT2D eigenvalue weighted by atomic mass is 9.99. The van der Waals surface area contributed by atoms with Gasteiger partial charge in [0.15, 0.2) is 12.2 Å². The van der Waals surface area contributed by atoms with E-state index in [0.717, 1.165) is 114 Å². The molecule has 0 aromatic carbocycles. The SMILES string of the molecule is CCCCCCCCCCC(=O)OC[C@H](COP(=O)(O)OC[C@H](O)COP(=O)(O)OC[C@@H](COC(=O)CCCCCCCCCCCCCCCCC(C)C)OC(=O)CCCCCCCCCCCCCCCCCCC(C)C)OC(=O)CCCCCCCCCCCCC(C)CC. The molecule has 3 unspecified atom stereocenters. The van der Waals surface area contributed by atoms with Crippen LogP contribution in [0.2, 0.25) is 0 Å².